The molecular weight excluding hydrogens is 351 g/mol. The molecular formula is C14H11F3NO5S-. The Kier molecular flexibility index (Phi) is 5.37. The lowest BCUT2D eigenvalue weighted by Crippen LogP contribution is -2.31. The third-order valence-electron chi connectivity index (χ3n) is 3.06. The van der Waals surface area contributed by atoms with E-state index in [0.29, 0.717) is 0 Å². The highest BCUT2D eigenvalue weighted by Crippen LogP contribution is 2.31. The molecule has 0 N–H and O–H groups in total. The van der Waals surface area contributed by atoms with Crippen molar-refractivity contribution in [3.8, 4) is 5.75 Å². The Morgan fingerprint density at radius 3 is 2.46 bits per heavy atom. The summed E-state index contributed by atoms with van der Waals surface area (Å²) >= 11 is 1.03. The molecule has 0 saturated carbocycles. The van der Waals surface area contributed by atoms with Crippen LogP contribution in [0.1, 0.15) is 12.8 Å². The van der Waals surface area contributed by atoms with E-state index in [1.165, 1.54) is 12.1 Å². The fraction of sp³-hybridized carbons (Fsp3) is 0.357. The Morgan fingerprint density at radius 1 is 1.29 bits per heavy atom. The number of thioether (sulfide) groups is 1. The number of carbonyl (C=O) groups excluding carboxylic acids is 3. The summed E-state index contributed by atoms with van der Waals surface area (Å²) in [5.41, 5.74) is 0.127. The average molecular weight is 362 g/mol. The predicted molar refractivity (Wildman–Crippen MR) is 76.1 cm³/mol. The Hall–Kier alpha value is -2.23. The Bertz CT molecular complexity index is 647. The minimum absolute atomic E-state index is 0.0999. The van der Waals surface area contributed by atoms with Gasteiger partial charge in [-0.3, -0.25) is 9.59 Å². The van der Waals surface area contributed by atoms with Crippen LogP contribution in [0, 0.1) is 0 Å². The van der Waals surface area contributed by atoms with Crippen molar-refractivity contribution in [2.45, 2.75) is 24.5 Å². The molecule has 2 rings (SSSR count). The number of hydrogen-bond acceptors (Lipinski definition) is 6. The fourth-order valence-corrected chi connectivity index (χ4v) is 3.16. The van der Waals surface area contributed by atoms with Gasteiger partial charge in [-0.15, -0.1) is 24.9 Å². The van der Waals surface area contributed by atoms with Crippen molar-refractivity contribution in [2.75, 3.05) is 10.7 Å². The summed E-state index contributed by atoms with van der Waals surface area (Å²) in [4.78, 5) is 35.4. The molecule has 0 radical (unpaired) electrons. The van der Waals surface area contributed by atoms with Gasteiger partial charge in [0, 0.05) is 12.4 Å². The summed E-state index contributed by atoms with van der Waals surface area (Å²) in [7, 11) is 0. The second-order valence-corrected chi connectivity index (χ2v) is 6.11. The maximum Gasteiger partial charge on any atom is 0.573 e. The van der Waals surface area contributed by atoms with E-state index in [4.69, 9.17) is 0 Å². The first-order chi connectivity index (χ1) is 11.2. The molecule has 0 bridgehead atoms. The van der Waals surface area contributed by atoms with Crippen LogP contribution in [0.15, 0.2) is 24.3 Å². The van der Waals surface area contributed by atoms with Crippen LogP contribution in [-0.4, -0.2) is 35.1 Å². The second-order valence-electron chi connectivity index (χ2n) is 4.79. The van der Waals surface area contributed by atoms with Crippen LogP contribution >= 0.6 is 11.8 Å². The summed E-state index contributed by atoms with van der Waals surface area (Å²) in [6.45, 7) is 0. The molecule has 1 atom stereocenters. The molecule has 0 aromatic heterocycles. The highest BCUT2D eigenvalue weighted by atomic mass is 32.2. The monoisotopic (exact) mass is 362 g/mol. The molecule has 0 unspecified atom stereocenters. The number of hydrogen-bond donors (Lipinski definition) is 0. The van der Waals surface area contributed by atoms with E-state index in [1.54, 1.807) is 0 Å². The van der Waals surface area contributed by atoms with Crippen molar-refractivity contribution < 1.29 is 37.4 Å². The van der Waals surface area contributed by atoms with E-state index in [2.05, 4.69) is 4.74 Å². The first-order valence-corrected chi connectivity index (χ1v) is 7.76. The number of alkyl halides is 3. The van der Waals surface area contributed by atoms with Crippen molar-refractivity contribution in [3.05, 3.63) is 24.3 Å². The summed E-state index contributed by atoms with van der Waals surface area (Å²) in [6, 6.07) is 4.34. The lowest BCUT2D eigenvalue weighted by Gasteiger charge is -2.16. The number of benzene rings is 1. The van der Waals surface area contributed by atoms with Gasteiger partial charge in [-0.1, -0.05) is 0 Å². The first kappa shape index (κ1) is 18.1. The maximum absolute atomic E-state index is 12.2. The van der Waals surface area contributed by atoms with Crippen LogP contribution < -0.4 is 14.7 Å². The van der Waals surface area contributed by atoms with E-state index >= 15 is 0 Å². The summed E-state index contributed by atoms with van der Waals surface area (Å²) in [6.07, 6.45) is -5.18. The number of amides is 2. The average Bonchev–Trinajstić information content (AvgIpc) is 2.73. The first-order valence-electron chi connectivity index (χ1n) is 6.71. The lowest BCUT2D eigenvalue weighted by atomic mass is 10.3. The largest absolute Gasteiger partial charge is 0.573 e. The maximum atomic E-state index is 12.2. The number of carboxylic acid groups (broad SMARTS) is 1. The Morgan fingerprint density at radius 2 is 1.92 bits per heavy atom. The minimum atomic E-state index is -4.83. The number of carbonyl (C=O) groups is 3. The van der Waals surface area contributed by atoms with Crippen molar-refractivity contribution >= 4 is 35.2 Å². The molecule has 1 aromatic rings. The highest BCUT2D eigenvalue weighted by Gasteiger charge is 2.39. The van der Waals surface area contributed by atoms with Gasteiger partial charge in [-0.2, -0.15) is 0 Å². The molecule has 24 heavy (non-hydrogen) atoms. The van der Waals surface area contributed by atoms with Crippen molar-refractivity contribution in [3.63, 3.8) is 0 Å². The number of halogens is 3. The number of ether oxygens (including phenoxy) is 1. The zero-order valence-corrected chi connectivity index (χ0v) is 12.9. The third kappa shape index (κ3) is 4.63. The Balaban J connectivity index is 2.04. The van der Waals surface area contributed by atoms with Gasteiger partial charge in [0.25, 0.3) is 0 Å². The molecule has 2 amide bonds. The molecule has 1 saturated heterocycles. The van der Waals surface area contributed by atoms with Crippen molar-refractivity contribution in [2.24, 2.45) is 0 Å². The summed E-state index contributed by atoms with van der Waals surface area (Å²) < 4.78 is 40.0. The second kappa shape index (κ2) is 7.12. The lowest BCUT2D eigenvalue weighted by molar-refractivity contribution is -0.305. The van der Waals surface area contributed by atoms with Gasteiger partial charge in [0.2, 0.25) is 11.8 Å². The number of anilines is 1. The molecule has 130 valence electrons. The molecule has 1 aliphatic heterocycles. The minimum Gasteiger partial charge on any atom is -0.550 e. The van der Waals surface area contributed by atoms with Crippen LogP contribution in [0.4, 0.5) is 18.9 Å². The molecule has 1 heterocycles. The molecule has 0 aliphatic carbocycles. The van der Waals surface area contributed by atoms with E-state index in [1.807, 2.05) is 0 Å². The number of imide groups is 1. The van der Waals surface area contributed by atoms with Gasteiger partial charge in [0.1, 0.15) is 5.75 Å². The van der Waals surface area contributed by atoms with Gasteiger partial charge in [-0.05, 0) is 36.4 Å². The van der Waals surface area contributed by atoms with Crippen LogP contribution in [0.25, 0.3) is 0 Å². The number of carboxylic acids is 1. The van der Waals surface area contributed by atoms with Gasteiger partial charge >= 0.3 is 6.36 Å². The number of aliphatic carboxylic acids is 1. The molecule has 1 fully saturated rings. The zero-order valence-electron chi connectivity index (χ0n) is 12.0. The standard InChI is InChI=1S/C14H12F3NO5S/c15-14(16,17)23-9-3-1-8(2-4-9)18-11(19)7-10(13(18)22)24-6-5-12(20)21/h1-4,10H,5-7H2,(H,20,21)/p-1/t10-/m0/s1. The summed E-state index contributed by atoms with van der Waals surface area (Å²) in [5.74, 6) is -2.64. The third-order valence-corrected chi connectivity index (χ3v) is 4.27. The van der Waals surface area contributed by atoms with Gasteiger partial charge in [0.15, 0.2) is 0 Å². The van der Waals surface area contributed by atoms with Crippen molar-refractivity contribution in [1.82, 2.24) is 0 Å². The fourth-order valence-electron chi connectivity index (χ4n) is 2.09. The summed E-state index contributed by atoms with van der Waals surface area (Å²) in [5, 5.41) is 9.64. The van der Waals surface area contributed by atoms with E-state index in [9.17, 15) is 32.7 Å². The normalized spacial score (nSPS) is 18.1. The van der Waals surface area contributed by atoms with Crippen molar-refractivity contribution in [1.29, 1.82) is 0 Å². The Labute approximate surface area is 138 Å². The van der Waals surface area contributed by atoms with Gasteiger partial charge in [0.05, 0.1) is 10.9 Å². The van der Waals surface area contributed by atoms with Crippen LogP contribution in [0.3, 0.4) is 0 Å². The number of nitrogens with zero attached hydrogens (tertiary/aromatic N) is 1. The van der Waals surface area contributed by atoms with Gasteiger partial charge < -0.3 is 14.6 Å². The van der Waals surface area contributed by atoms with E-state index < -0.39 is 35.1 Å². The SMILES string of the molecule is O=C([O-])CCS[C@H]1CC(=O)N(c2ccc(OC(F)(F)F)cc2)C1=O. The van der Waals surface area contributed by atoms with Crippen LogP contribution in [-0.2, 0) is 14.4 Å². The molecule has 10 heteroatoms. The van der Waals surface area contributed by atoms with Gasteiger partial charge in [-0.25, -0.2) is 4.90 Å². The molecule has 6 nitrogen and oxygen atoms in total. The highest BCUT2D eigenvalue weighted by molar-refractivity contribution is 8.00. The molecule has 0 spiro atoms. The smallest absolute Gasteiger partial charge is 0.550 e. The van der Waals surface area contributed by atoms with E-state index in [-0.39, 0.29) is 24.3 Å². The molecule has 1 aliphatic rings. The number of rotatable bonds is 6. The van der Waals surface area contributed by atoms with Crippen LogP contribution in [0.2, 0.25) is 0 Å². The van der Waals surface area contributed by atoms with Crippen LogP contribution in [0.5, 0.6) is 5.75 Å². The quantitative estimate of drug-likeness (QED) is 0.704. The predicted octanol–water partition coefficient (Wildman–Crippen LogP) is 1.09. The van der Waals surface area contributed by atoms with E-state index in [0.717, 1.165) is 28.8 Å². The zero-order chi connectivity index (χ0) is 17.9. The topological polar surface area (TPSA) is 86.7 Å². The molecule has 1 aromatic carbocycles.